The minimum Gasteiger partial charge on any atom is -0.299 e. The molecule has 0 spiro atoms. The summed E-state index contributed by atoms with van der Waals surface area (Å²) in [5, 5.41) is 0. The lowest BCUT2D eigenvalue weighted by Crippen LogP contribution is -2.23. The van der Waals surface area contributed by atoms with Crippen molar-refractivity contribution in [2.24, 2.45) is 11.8 Å². The third-order valence-electron chi connectivity index (χ3n) is 4.05. The van der Waals surface area contributed by atoms with Crippen LogP contribution >= 0.6 is 0 Å². The number of hydrogen-bond donors (Lipinski definition) is 0. The molecule has 1 heteroatoms. The largest absolute Gasteiger partial charge is 0.299 e. The topological polar surface area (TPSA) is 17.1 Å². The summed E-state index contributed by atoms with van der Waals surface area (Å²) in [7, 11) is 0. The molecule has 1 aromatic rings. The van der Waals surface area contributed by atoms with Gasteiger partial charge >= 0.3 is 0 Å². The van der Waals surface area contributed by atoms with Crippen molar-refractivity contribution in [2.75, 3.05) is 0 Å². The first-order valence-corrected chi connectivity index (χ1v) is 7.14. The van der Waals surface area contributed by atoms with Gasteiger partial charge in [-0.2, -0.15) is 0 Å². The number of Topliss-reactive ketones (excluding diaryl/α,β-unsaturated/α-hetero) is 1. The molecule has 0 N–H and O–H groups in total. The first-order valence-electron chi connectivity index (χ1n) is 7.14. The zero-order valence-electron chi connectivity index (χ0n) is 11.8. The maximum absolute atomic E-state index is 12.3. The number of aryl methyl sites for hydroxylation is 2. The maximum atomic E-state index is 12.3. The lowest BCUT2D eigenvalue weighted by atomic mass is 9.79. The van der Waals surface area contributed by atoms with Crippen molar-refractivity contribution < 1.29 is 4.79 Å². The van der Waals surface area contributed by atoms with Gasteiger partial charge in [0, 0.05) is 12.3 Å². The fraction of sp³-hybridized carbons (Fsp3) is 0.588. The van der Waals surface area contributed by atoms with E-state index in [2.05, 4.69) is 39.0 Å². The highest BCUT2D eigenvalue weighted by atomic mass is 16.1. The zero-order chi connectivity index (χ0) is 13.1. The molecule has 0 amide bonds. The van der Waals surface area contributed by atoms with E-state index < -0.39 is 0 Å². The number of hydrogen-bond acceptors (Lipinski definition) is 1. The van der Waals surface area contributed by atoms with Crippen molar-refractivity contribution in [2.45, 2.75) is 52.9 Å². The van der Waals surface area contributed by atoms with Gasteiger partial charge in [0.05, 0.1) is 0 Å². The molecule has 1 saturated carbocycles. The van der Waals surface area contributed by atoms with Crippen molar-refractivity contribution in [1.29, 1.82) is 0 Å². The van der Waals surface area contributed by atoms with Gasteiger partial charge in [-0.3, -0.25) is 4.79 Å². The molecule has 0 aliphatic heterocycles. The van der Waals surface area contributed by atoms with Crippen LogP contribution in [0.2, 0.25) is 0 Å². The molecule has 98 valence electrons. The van der Waals surface area contributed by atoms with Gasteiger partial charge in [-0.15, -0.1) is 0 Å². The van der Waals surface area contributed by atoms with Crippen LogP contribution in [-0.4, -0.2) is 5.78 Å². The highest BCUT2D eigenvalue weighted by Crippen LogP contribution is 2.30. The highest BCUT2D eigenvalue weighted by molar-refractivity contribution is 5.83. The normalized spacial score (nSPS) is 23.9. The summed E-state index contributed by atoms with van der Waals surface area (Å²) in [6, 6.07) is 6.46. The van der Waals surface area contributed by atoms with Crippen molar-refractivity contribution >= 4 is 5.78 Å². The quantitative estimate of drug-likeness (QED) is 0.777. The zero-order valence-corrected chi connectivity index (χ0v) is 11.8. The van der Waals surface area contributed by atoms with E-state index in [1.165, 1.54) is 29.5 Å². The van der Waals surface area contributed by atoms with Crippen LogP contribution < -0.4 is 0 Å². The summed E-state index contributed by atoms with van der Waals surface area (Å²) in [6.45, 7) is 6.48. The molecule has 2 rings (SSSR count). The van der Waals surface area contributed by atoms with E-state index in [9.17, 15) is 4.79 Å². The van der Waals surface area contributed by atoms with Gasteiger partial charge in [0.25, 0.3) is 0 Å². The average molecular weight is 244 g/mol. The number of rotatable bonds is 3. The average Bonchev–Trinajstić information content (AvgIpc) is 2.27. The van der Waals surface area contributed by atoms with E-state index >= 15 is 0 Å². The lowest BCUT2D eigenvalue weighted by Gasteiger charge is -2.25. The first kappa shape index (κ1) is 13.3. The summed E-state index contributed by atoms with van der Waals surface area (Å²) >= 11 is 0. The molecule has 1 aliphatic carbocycles. The monoisotopic (exact) mass is 244 g/mol. The Morgan fingerprint density at radius 2 is 1.83 bits per heavy atom. The molecule has 0 heterocycles. The molecule has 1 fully saturated rings. The second-order valence-corrected chi connectivity index (χ2v) is 6.11. The van der Waals surface area contributed by atoms with Crippen LogP contribution in [0.15, 0.2) is 18.2 Å². The van der Waals surface area contributed by atoms with Gasteiger partial charge in [-0.1, -0.05) is 49.1 Å². The fourth-order valence-corrected chi connectivity index (χ4v) is 3.24. The maximum Gasteiger partial charge on any atom is 0.140 e. The summed E-state index contributed by atoms with van der Waals surface area (Å²) in [6.07, 6.45) is 5.36. The molecule has 1 aromatic carbocycles. The van der Waals surface area contributed by atoms with Gasteiger partial charge in [-0.25, -0.2) is 0 Å². The predicted octanol–water partition coefficient (Wildman–Crippen LogP) is 4.24. The second-order valence-electron chi connectivity index (χ2n) is 6.11. The molecule has 1 nitrogen and oxygen atoms in total. The van der Waals surface area contributed by atoms with Gasteiger partial charge in [-0.05, 0) is 38.2 Å². The van der Waals surface area contributed by atoms with Gasteiger partial charge < -0.3 is 0 Å². The van der Waals surface area contributed by atoms with Crippen LogP contribution in [0.5, 0.6) is 0 Å². The molecular weight excluding hydrogens is 220 g/mol. The number of carbonyl (C=O) groups is 1. The standard InChI is InChI=1S/C17H24O/c1-12-5-4-6-16(10-12)17(18)11-15-8-13(2)7-14(3)9-15/h7-9,12,16H,4-6,10-11H2,1-3H3. The minimum atomic E-state index is 0.314. The first-order chi connectivity index (χ1) is 8.54. The Bertz CT molecular complexity index is 413. The summed E-state index contributed by atoms with van der Waals surface area (Å²) in [5.74, 6) is 1.49. The highest BCUT2D eigenvalue weighted by Gasteiger charge is 2.24. The van der Waals surface area contributed by atoms with Crippen molar-refractivity contribution in [3.8, 4) is 0 Å². The third kappa shape index (κ3) is 3.44. The molecular formula is C17H24O. The van der Waals surface area contributed by atoms with Crippen LogP contribution in [0, 0.1) is 25.7 Å². The van der Waals surface area contributed by atoms with Crippen molar-refractivity contribution in [3.63, 3.8) is 0 Å². The Hall–Kier alpha value is -1.11. The summed E-state index contributed by atoms with van der Waals surface area (Å²) in [5.41, 5.74) is 3.71. The van der Waals surface area contributed by atoms with E-state index in [0.717, 1.165) is 18.8 Å². The molecule has 0 aromatic heterocycles. The SMILES string of the molecule is Cc1cc(C)cc(CC(=O)C2CCCC(C)C2)c1. The molecule has 2 unspecified atom stereocenters. The van der Waals surface area contributed by atoms with E-state index in [1.807, 2.05) is 0 Å². The van der Waals surface area contributed by atoms with E-state index in [1.54, 1.807) is 0 Å². The van der Waals surface area contributed by atoms with Gasteiger partial charge in [0.15, 0.2) is 0 Å². The number of carbonyl (C=O) groups excluding carboxylic acids is 1. The van der Waals surface area contributed by atoms with Gasteiger partial charge in [0.1, 0.15) is 5.78 Å². The predicted molar refractivity (Wildman–Crippen MR) is 75.7 cm³/mol. The molecule has 0 radical (unpaired) electrons. The van der Waals surface area contributed by atoms with E-state index in [0.29, 0.717) is 18.1 Å². The lowest BCUT2D eigenvalue weighted by molar-refractivity contribution is -0.123. The van der Waals surface area contributed by atoms with Crippen LogP contribution in [0.25, 0.3) is 0 Å². The van der Waals surface area contributed by atoms with Crippen LogP contribution in [0.4, 0.5) is 0 Å². The minimum absolute atomic E-state index is 0.314. The Kier molecular flexibility index (Phi) is 4.21. The fourth-order valence-electron chi connectivity index (χ4n) is 3.24. The Balaban J connectivity index is 2.02. The molecule has 1 aliphatic rings. The Morgan fingerprint density at radius 3 is 2.44 bits per heavy atom. The van der Waals surface area contributed by atoms with E-state index in [-0.39, 0.29) is 0 Å². The van der Waals surface area contributed by atoms with Gasteiger partial charge in [0.2, 0.25) is 0 Å². The Morgan fingerprint density at radius 1 is 1.17 bits per heavy atom. The van der Waals surface area contributed by atoms with Crippen LogP contribution in [0.3, 0.4) is 0 Å². The molecule has 18 heavy (non-hydrogen) atoms. The smallest absolute Gasteiger partial charge is 0.140 e. The number of benzene rings is 1. The van der Waals surface area contributed by atoms with E-state index in [4.69, 9.17) is 0 Å². The molecule has 2 atom stereocenters. The summed E-state index contributed by atoms with van der Waals surface area (Å²) in [4.78, 5) is 12.3. The molecule has 0 saturated heterocycles. The number of ketones is 1. The third-order valence-corrected chi connectivity index (χ3v) is 4.05. The van der Waals surface area contributed by atoms with Crippen molar-refractivity contribution in [1.82, 2.24) is 0 Å². The van der Waals surface area contributed by atoms with Crippen molar-refractivity contribution in [3.05, 3.63) is 34.9 Å². The van der Waals surface area contributed by atoms with Crippen LogP contribution in [0.1, 0.15) is 49.3 Å². The Labute approximate surface area is 111 Å². The molecule has 0 bridgehead atoms. The second kappa shape index (κ2) is 5.69. The van der Waals surface area contributed by atoms with Crippen LogP contribution in [-0.2, 0) is 11.2 Å². The summed E-state index contributed by atoms with van der Waals surface area (Å²) < 4.78 is 0.